The van der Waals surface area contributed by atoms with Gasteiger partial charge in [-0.3, -0.25) is 0 Å². The summed E-state index contributed by atoms with van der Waals surface area (Å²) in [5.41, 5.74) is 9.16. The molecule has 27 heavy (non-hydrogen) atoms. The van der Waals surface area contributed by atoms with Gasteiger partial charge in [0.1, 0.15) is 10.6 Å². The van der Waals surface area contributed by atoms with E-state index in [9.17, 15) is 4.79 Å². The number of aromatic nitrogens is 1. The number of rotatable bonds is 1. The number of ether oxygens (including phenoxy) is 1. The van der Waals surface area contributed by atoms with Crippen molar-refractivity contribution >= 4 is 44.0 Å². The van der Waals surface area contributed by atoms with Crippen LogP contribution in [-0.4, -0.2) is 27.6 Å². The van der Waals surface area contributed by atoms with E-state index in [1.54, 1.807) is 27.6 Å². The minimum absolute atomic E-state index is 0.0504. The lowest BCUT2D eigenvalue weighted by atomic mass is 9.98. The molecule has 0 fully saturated rings. The summed E-state index contributed by atoms with van der Waals surface area (Å²) < 4.78 is 6.73. The Kier molecular flexibility index (Phi) is 4.39. The van der Waals surface area contributed by atoms with Crippen molar-refractivity contribution < 1.29 is 9.53 Å². The molecule has 1 atom stereocenters. The SMILES string of the molecule is C[C@@H]1Cc2c(sc(N)c2-c2nc3ccccc3s2)CN1C(=O)OC(C)(C)C. The van der Waals surface area contributed by atoms with Gasteiger partial charge >= 0.3 is 6.09 Å². The fourth-order valence-corrected chi connectivity index (χ4v) is 5.59. The maximum Gasteiger partial charge on any atom is 0.410 e. The number of para-hydroxylation sites is 1. The maximum atomic E-state index is 12.6. The number of thiazole rings is 1. The number of carbonyl (C=O) groups excluding carboxylic acids is 1. The van der Waals surface area contributed by atoms with E-state index in [0.717, 1.165) is 37.1 Å². The zero-order chi connectivity index (χ0) is 19.3. The number of fused-ring (bicyclic) bond motifs is 2. The van der Waals surface area contributed by atoms with Crippen molar-refractivity contribution in [2.45, 2.75) is 52.3 Å². The Morgan fingerprint density at radius 2 is 2.04 bits per heavy atom. The molecule has 3 aromatic rings. The van der Waals surface area contributed by atoms with Crippen LogP contribution in [0.5, 0.6) is 0 Å². The Morgan fingerprint density at radius 3 is 2.74 bits per heavy atom. The molecule has 5 nitrogen and oxygen atoms in total. The molecule has 7 heteroatoms. The van der Waals surface area contributed by atoms with Gasteiger partial charge in [-0.2, -0.15) is 0 Å². The summed E-state index contributed by atoms with van der Waals surface area (Å²) in [4.78, 5) is 20.3. The molecule has 0 aliphatic carbocycles. The van der Waals surface area contributed by atoms with Gasteiger partial charge in [0.05, 0.1) is 21.8 Å². The van der Waals surface area contributed by atoms with Crippen molar-refractivity contribution in [3.05, 3.63) is 34.7 Å². The topological polar surface area (TPSA) is 68.5 Å². The fraction of sp³-hybridized carbons (Fsp3) is 0.400. The van der Waals surface area contributed by atoms with E-state index in [0.29, 0.717) is 6.54 Å². The van der Waals surface area contributed by atoms with Crippen LogP contribution in [0.4, 0.5) is 9.80 Å². The maximum absolute atomic E-state index is 12.6. The zero-order valence-electron chi connectivity index (χ0n) is 15.9. The van der Waals surface area contributed by atoms with Gasteiger partial charge in [0.15, 0.2) is 0 Å². The fourth-order valence-electron chi connectivity index (χ4n) is 3.37. The van der Waals surface area contributed by atoms with Crippen LogP contribution in [0.3, 0.4) is 0 Å². The first kappa shape index (κ1) is 18.3. The average Bonchev–Trinajstić information content (AvgIpc) is 3.11. The highest BCUT2D eigenvalue weighted by Crippen LogP contribution is 2.45. The van der Waals surface area contributed by atoms with Crippen LogP contribution in [0.25, 0.3) is 20.8 Å². The number of amides is 1. The monoisotopic (exact) mass is 401 g/mol. The lowest BCUT2D eigenvalue weighted by Crippen LogP contribution is -2.44. The van der Waals surface area contributed by atoms with E-state index < -0.39 is 5.60 Å². The molecule has 0 saturated heterocycles. The number of nitrogens with two attached hydrogens (primary N) is 1. The summed E-state index contributed by atoms with van der Waals surface area (Å²) in [6, 6.07) is 8.18. The number of carbonyl (C=O) groups is 1. The summed E-state index contributed by atoms with van der Waals surface area (Å²) in [6.07, 6.45) is 0.488. The third-order valence-electron chi connectivity index (χ3n) is 4.60. The van der Waals surface area contributed by atoms with Crippen molar-refractivity contribution in [1.82, 2.24) is 9.88 Å². The predicted molar refractivity (Wildman–Crippen MR) is 112 cm³/mol. The molecule has 2 N–H and O–H groups in total. The summed E-state index contributed by atoms with van der Waals surface area (Å²) in [5, 5.41) is 1.74. The van der Waals surface area contributed by atoms with Crippen LogP contribution in [0, 0.1) is 0 Å². The van der Waals surface area contributed by atoms with Crippen molar-refractivity contribution in [3.8, 4) is 10.6 Å². The molecule has 0 unspecified atom stereocenters. The third-order valence-corrected chi connectivity index (χ3v) is 6.70. The highest BCUT2D eigenvalue weighted by atomic mass is 32.1. The molecule has 1 aliphatic rings. The lowest BCUT2D eigenvalue weighted by molar-refractivity contribution is 0.0142. The molecule has 142 valence electrons. The van der Waals surface area contributed by atoms with Crippen LogP contribution in [0.15, 0.2) is 24.3 Å². The Morgan fingerprint density at radius 1 is 1.30 bits per heavy atom. The molecule has 2 aromatic heterocycles. The number of benzene rings is 1. The smallest absolute Gasteiger partial charge is 0.410 e. The van der Waals surface area contributed by atoms with Gasteiger partial charge in [-0.15, -0.1) is 22.7 Å². The second-order valence-electron chi connectivity index (χ2n) is 7.89. The van der Waals surface area contributed by atoms with Crippen LogP contribution < -0.4 is 5.73 Å². The highest BCUT2D eigenvalue weighted by molar-refractivity contribution is 7.22. The van der Waals surface area contributed by atoms with Crippen molar-refractivity contribution in [2.75, 3.05) is 5.73 Å². The molecule has 4 rings (SSSR count). The summed E-state index contributed by atoms with van der Waals surface area (Å²) in [6.45, 7) is 8.26. The highest BCUT2D eigenvalue weighted by Gasteiger charge is 2.34. The molecule has 1 aliphatic heterocycles. The van der Waals surface area contributed by atoms with E-state index in [-0.39, 0.29) is 12.1 Å². The molecule has 0 saturated carbocycles. The number of thiophene rings is 1. The summed E-state index contributed by atoms with van der Waals surface area (Å²) >= 11 is 3.23. The van der Waals surface area contributed by atoms with Crippen molar-refractivity contribution in [2.24, 2.45) is 0 Å². The Hall–Kier alpha value is -2.12. The molecular weight excluding hydrogens is 378 g/mol. The molecule has 3 heterocycles. The molecular formula is C20H23N3O2S2. The minimum atomic E-state index is -0.502. The quantitative estimate of drug-likeness (QED) is 0.602. The molecule has 1 amide bonds. The van der Waals surface area contributed by atoms with E-state index in [4.69, 9.17) is 15.5 Å². The van der Waals surface area contributed by atoms with Gasteiger partial charge in [-0.05, 0) is 51.8 Å². The minimum Gasteiger partial charge on any atom is -0.444 e. The van der Waals surface area contributed by atoms with E-state index >= 15 is 0 Å². The average molecular weight is 402 g/mol. The van der Waals surface area contributed by atoms with Gasteiger partial charge in [0, 0.05) is 16.5 Å². The van der Waals surface area contributed by atoms with Gasteiger partial charge in [-0.25, -0.2) is 9.78 Å². The molecule has 1 aromatic carbocycles. The van der Waals surface area contributed by atoms with Gasteiger partial charge < -0.3 is 15.4 Å². The Labute approximate surface area is 166 Å². The second kappa shape index (κ2) is 6.49. The third kappa shape index (κ3) is 3.41. The first-order valence-corrected chi connectivity index (χ1v) is 10.6. The van der Waals surface area contributed by atoms with Crippen molar-refractivity contribution in [3.63, 3.8) is 0 Å². The molecule has 0 bridgehead atoms. The largest absolute Gasteiger partial charge is 0.444 e. The summed E-state index contributed by atoms with van der Waals surface area (Å²) in [7, 11) is 0. The van der Waals surface area contributed by atoms with Crippen LogP contribution >= 0.6 is 22.7 Å². The van der Waals surface area contributed by atoms with Crippen molar-refractivity contribution in [1.29, 1.82) is 0 Å². The van der Waals surface area contributed by atoms with Crippen LogP contribution in [0.1, 0.15) is 38.1 Å². The number of hydrogen-bond acceptors (Lipinski definition) is 6. The van der Waals surface area contributed by atoms with E-state index in [2.05, 4.69) is 13.0 Å². The van der Waals surface area contributed by atoms with Crippen LogP contribution in [0.2, 0.25) is 0 Å². The number of hydrogen-bond donors (Lipinski definition) is 1. The molecule has 0 radical (unpaired) electrons. The lowest BCUT2D eigenvalue weighted by Gasteiger charge is -2.35. The Balaban J connectivity index is 1.69. The van der Waals surface area contributed by atoms with E-state index in [1.807, 2.05) is 39.0 Å². The number of nitrogens with zero attached hydrogens (tertiary/aromatic N) is 2. The van der Waals surface area contributed by atoms with Gasteiger partial charge in [0.2, 0.25) is 0 Å². The number of anilines is 1. The first-order chi connectivity index (χ1) is 12.7. The normalized spacial score (nSPS) is 17.2. The van der Waals surface area contributed by atoms with E-state index in [1.165, 1.54) is 5.56 Å². The van der Waals surface area contributed by atoms with Crippen LogP contribution in [-0.2, 0) is 17.7 Å². The first-order valence-electron chi connectivity index (χ1n) is 8.98. The molecule has 0 spiro atoms. The standard InChI is InChI=1S/C20H23N3O2S2/c1-11-9-12-15(10-23(11)19(24)25-20(2,3)4)26-17(21)16(12)18-22-13-7-5-6-8-14(13)27-18/h5-8,11H,9-10,21H2,1-4H3/t11-/m1/s1. The van der Waals surface area contributed by atoms with Gasteiger partial charge in [-0.1, -0.05) is 12.1 Å². The van der Waals surface area contributed by atoms with Gasteiger partial charge in [0.25, 0.3) is 0 Å². The summed E-state index contributed by atoms with van der Waals surface area (Å²) in [5.74, 6) is 0. The zero-order valence-corrected chi connectivity index (χ0v) is 17.5. The Bertz CT molecular complexity index is 983. The second-order valence-corrected chi connectivity index (χ2v) is 10.1. The number of nitrogen functional groups attached to an aromatic ring is 1. The predicted octanol–water partition coefficient (Wildman–Crippen LogP) is 5.29.